The van der Waals surface area contributed by atoms with Crippen LogP contribution in [0.5, 0.6) is 0 Å². The summed E-state index contributed by atoms with van der Waals surface area (Å²) in [6, 6.07) is 3.00. The number of nitrogens with one attached hydrogen (secondary N) is 1. The van der Waals surface area contributed by atoms with Crippen LogP contribution in [-0.2, 0) is 6.42 Å². The topological polar surface area (TPSA) is 68.0 Å². The third-order valence-electron chi connectivity index (χ3n) is 2.45. The average Bonchev–Trinajstić information content (AvgIpc) is 2.88. The normalized spacial score (nSPS) is 10.4. The van der Waals surface area contributed by atoms with Gasteiger partial charge in [-0.2, -0.15) is 0 Å². The lowest BCUT2D eigenvalue weighted by Crippen LogP contribution is -2.25. The minimum absolute atomic E-state index is 0.236. The van der Waals surface area contributed by atoms with E-state index in [4.69, 9.17) is 28.9 Å². The molecule has 1 aromatic heterocycles. The van der Waals surface area contributed by atoms with Crippen molar-refractivity contribution in [2.24, 2.45) is 0 Å². The number of amides is 1. The van der Waals surface area contributed by atoms with Crippen molar-refractivity contribution >= 4 is 46.1 Å². The molecule has 19 heavy (non-hydrogen) atoms. The molecule has 3 N–H and O–H groups in total. The molecule has 0 aliphatic rings. The number of nitrogen functional groups attached to an aromatic ring is 1. The van der Waals surface area contributed by atoms with Crippen LogP contribution in [0.4, 0.5) is 5.69 Å². The molecular weight excluding hydrogens is 305 g/mol. The highest BCUT2D eigenvalue weighted by atomic mass is 35.5. The molecule has 100 valence electrons. The molecule has 0 aliphatic heterocycles. The van der Waals surface area contributed by atoms with Gasteiger partial charge in [0, 0.05) is 30.1 Å². The fraction of sp³-hybridized carbons (Fsp3) is 0.167. The molecule has 0 fully saturated rings. The summed E-state index contributed by atoms with van der Waals surface area (Å²) in [6.07, 6.45) is 2.43. The summed E-state index contributed by atoms with van der Waals surface area (Å²) in [5, 5.41) is 6.21. The Morgan fingerprint density at radius 2 is 2.05 bits per heavy atom. The van der Waals surface area contributed by atoms with Crippen molar-refractivity contribution in [3.05, 3.63) is 44.3 Å². The van der Waals surface area contributed by atoms with Crippen LogP contribution >= 0.6 is 34.5 Å². The fourth-order valence-electron chi connectivity index (χ4n) is 1.48. The van der Waals surface area contributed by atoms with Gasteiger partial charge in [-0.05, 0) is 12.1 Å². The minimum Gasteiger partial charge on any atom is -0.396 e. The van der Waals surface area contributed by atoms with Gasteiger partial charge in [-0.25, -0.2) is 4.98 Å². The van der Waals surface area contributed by atoms with Crippen molar-refractivity contribution in [2.45, 2.75) is 6.42 Å². The molecule has 1 aromatic carbocycles. The van der Waals surface area contributed by atoms with E-state index in [1.165, 1.54) is 12.1 Å². The van der Waals surface area contributed by atoms with Crippen molar-refractivity contribution in [3.8, 4) is 0 Å². The number of hydrogen-bond donors (Lipinski definition) is 2. The number of hydrogen-bond acceptors (Lipinski definition) is 4. The maximum absolute atomic E-state index is 11.9. The van der Waals surface area contributed by atoms with Gasteiger partial charge in [0.1, 0.15) is 0 Å². The quantitative estimate of drug-likeness (QED) is 0.852. The van der Waals surface area contributed by atoms with Crippen molar-refractivity contribution in [1.29, 1.82) is 0 Å². The number of thiazole rings is 1. The zero-order valence-electron chi connectivity index (χ0n) is 9.82. The van der Waals surface area contributed by atoms with Crippen molar-refractivity contribution < 1.29 is 4.79 Å². The van der Waals surface area contributed by atoms with Gasteiger partial charge < -0.3 is 11.1 Å². The Kier molecular flexibility index (Phi) is 4.63. The largest absolute Gasteiger partial charge is 0.396 e. The molecule has 0 spiro atoms. The summed E-state index contributed by atoms with van der Waals surface area (Å²) in [5.41, 5.74) is 6.28. The summed E-state index contributed by atoms with van der Waals surface area (Å²) < 4.78 is 0. The zero-order valence-corrected chi connectivity index (χ0v) is 12.1. The highest BCUT2D eigenvalue weighted by molar-refractivity contribution is 7.09. The number of benzene rings is 1. The summed E-state index contributed by atoms with van der Waals surface area (Å²) in [6.45, 7) is 0.506. The number of rotatable bonds is 4. The van der Waals surface area contributed by atoms with E-state index in [1.54, 1.807) is 17.5 Å². The van der Waals surface area contributed by atoms with Gasteiger partial charge in [-0.1, -0.05) is 23.2 Å². The second-order valence-corrected chi connectivity index (χ2v) is 5.58. The van der Waals surface area contributed by atoms with Crippen LogP contribution in [-0.4, -0.2) is 17.4 Å². The molecule has 7 heteroatoms. The molecule has 0 bridgehead atoms. The molecule has 0 aliphatic carbocycles. The zero-order chi connectivity index (χ0) is 13.8. The van der Waals surface area contributed by atoms with Crippen LogP contribution in [0.2, 0.25) is 10.0 Å². The summed E-state index contributed by atoms with van der Waals surface area (Å²) in [4.78, 5) is 16.0. The first-order chi connectivity index (χ1) is 9.08. The Labute approximate surface area is 124 Å². The second-order valence-electron chi connectivity index (χ2n) is 3.79. The van der Waals surface area contributed by atoms with Crippen molar-refractivity contribution in [3.63, 3.8) is 0 Å². The van der Waals surface area contributed by atoms with E-state index >= 15 is 0 Å². The first-order valence-corrected chi connectivity index (χ1v) is 7.12. The van der Waals surface area contributed by atoms with Gasteiger partial charge in [0.25, 0.3) is 5.91 Å². The van der Waals surface area contributed by atoms with E-state index in [0.717, 1.165) is 5.01 Å². The maximum Gasteiger partial charge on any atom is 0.251 e. The molecule has 0 radical (unpaired) electrons. The van der Waals surface area contributed by atoms with E-state index in [9.17, 15) is 4.79 Å². The third kappa shape index (κ3) is 3.59. The Bertz CT molecular complexity index is 564. The van der Waals surface area contributed by atoms with Crippen molar-refractivity contribution in [1.82, 2.24) is 10.3 Å². The molecule has 0 saturated carbocycles. The average molecular weight is 316 g/mol. The molecule has 2 rings (SSSR count). The highest BCUT2D eigenvalue weighted by Crippen LogP contribution is 2.28. The Morgan fingerprint density at radius 1 is 1.37 bits per heavy atom. The predicted octanol–water partition coefficient (Wildman–Crippen LogP) is 3.00. The Hall–Kier alpha value is -1.30. The molecule has 1 heterocycles. The molecule has 0 saturated heterocycles. The maximum atomic E-state index is 11.9. The monoisotopic (exact) mass is 315 g/mol. The van der Waals surface area contributed by atoms with Gasteiger partial charge in [0.15, 0.2) is 0 Å². The van der Waals surface area contributed by atoms with Crippen LogP contribution in [0, 0.1) is 0 Å². The van der Waals surface area contributed by atoms with Gasteiger partial charge in [0.05, 0.1) is 20.7 Å². The Balaban J connectivity index is 1.96. The summed E-state index contributed by atoms with van der Waals surface area (Å²) in [5.74, 6) is -0.236. The standard InChI is InChI=1S/C12H11Cl2N3OS/c13-8-5-7(6-9(14)11(8)15)12(18)17-2-1-10-16-3-4-19-10/h3-6H,1-2,15H2,(H,17,18). The molecule has 2 aromatic rings. The van der Waals surface area contributed by atoms with E-state index < -0.39 is 0 Å². The first-order valence-electron chi connectivity index (χ1n) is 5.49. The summed E-state index contributed by atoms with van der Waals surface area (Å²) >= 11 is 13.3. The van der Waals surface area contributed by atoms with Gasteiger partial charge in [0.2, 0.25) is 0 Å². The van der Waals surface area contributed by atoms with E-state index in [1.807, 2.05) is 5.38 Å². The van der Waals surface area contributed by atoms with Gasteiger partial charge >= 0.3 is 0 Å². The number of carbonyl (C=O) groups is 1. The molecule has 1 amide bonds. The summed E-state index contributed by atoms with van der Waals surface area (Å²) in [7, 11) is 0. The number of aromatic nitrogens is 1. The third-order valence-corrected chi connectivity index (χ3v) is 3.91. The molecule has 4 nitrogen and oxygen atoms in total. The van der Waals surface area contributed by atoms with E-state index in [-0.39, 0.29) is 21.6 Å². The number of anilines is 1. The lowest BCUT2D eigenvalue weighted by molar-refractivity contribution is 0.0954. The van der Waals surface area contributed by atoms with Crippen LogP contribution < -0.4 is 11.1 Å². The Morgan fingerprint density at radius 3 is 2.63 bits per heavy atom. The highest BCUT2D eigenvalue weighted by Gasteiger charge is 2.11. The molecule has 0 atom stereocenters. The lowest BCUT2D eigenvalue weighted by atomic mass is 10.2. The fourth-order valence-corrected chi connectivity index (χ4v) is 2.58. The number of carbonyl (C=O) groups excluding carboxylic acids is 1. The second kappa shape index (κ2) is 6.23. The lowest BCUT2D eigenvalue weighted by Gasteiger charge is -2.07. The SMILES string of the molecule is Nc1c(Cl)cc(C(=O)NCCc2nccs2)cc1Cl. The number of halogens is 2. The van der Waals surface area contributed by atoms with Crippen LogP contribution in [0.25, 0.3) is 0 Å². The van der Waals surface area contributed by atoms with Crippen molar-refractivity contribution in [2.75, 3.05) is 12.3 Å². The van der Waals surface area contributed by atoms with Gasteiger partial charge in [-0.15, -0.1) is 11.3 Å². The predicted molar refractivity (Wildman–Crippen MR) is 79.0 cm³/mol. The number of nitrogens with two attached hydrogens (primary N) is 1. The molecular formula is C12H11Cl2N3OS. The van der Waals surface area contributed by atoms with Crippen LogP contribution in [0.3, 0.4) is 0 Å². The van der Waals surface area contributed by atoms with Gasteiger partial charge in [-0.3, -0.25) is 4.79 Å². The molecule has 0 unspecified atom stereocenters. The van der Waals surface area contributed by atoms with Crippen LogP contribution in [0.1, 0.15) is 15.4 Å². The van der Waals surface area contributed by atoms with E-state index in [2.05, 4.69) is 10.3 Å². The van der Waals surface area contributed by atoms with E-state index in [0.29, 0.717) is 18.5 Å². The smallest absolute Gasteiger partial charge is 0.251 e. The van der Waals surface area contributed by atoms with Crippen LogP contribution in [0.15, 0.2) is 23.7 Å². The minimum atomic E-state index is -0.236. The first kappa shape index (κ1) is 14.1. The number of nitrogens with zero attached hydrogens (tertiary/aromatic N) is 1.